The minimum Gasteiger partial charge on any atom is -0.133 e. The van der Waals surface area contributed by atoms with Gasteiger partial charge in [-0.1, -0.05) is 18.5 Å². The van der Waals surface area contributed by atoms with E-state index in [1.807, 2.05) is 13.2 Å². The Kier molecular flexibility index (Phi) is 4.48. The Morgan fingerprint density at radius 1 is 1.62 bits per heavy atom. The number of hydrogen-bond acceptors (Lipinski definition) is 1. The van der Waals surface area contributed by atoms with Gasteiger partial charge in [0.1, 0.15) is 0 Å². The van der Waals surface area contributed by atoms with E-state index in [2.05, 4.69) is 6.92 Å². The monoisotopic (exact) mass is 150 g/mol. The minimum atomic E-state index is 0.931. The van der Waals surface area contributed by atoms with Crippen molar-refractivity contribution in [2.75, 3.05) is 6.26 Å². The van der Waals surface area contributed by atoms with Crippen LogP contribution in [0.25, 0.3) is 0 Å². The molecule has 0 spiro atoms. The van der Waals surface area contributed by atoms with Crippen LogP contribution in [0.4, 0.5) is 0 Å². The van der Waals surface area contributed by atoms with Crippen LogP contribution in [0.5, 0.6) is 0 Å². The molecule has 0 bridgehead atoms. The number of rotatable bonds is 2. The molecule has 0 aromatic rings. The molecule has 0 atom stereocenters. The molecule has 0 saturated carbocycles. The van der Waals surface area contributed by atoms with Crippen molar-refractivity contribution in [2.24, 2.45) is 0 Å². The molecule has 0 rings (SSSR count). The molecule has 0 aromatic heterocycles. The first-order valence-corrected chi connectivity index (χ1v) is 4.21. The van der Waals surface area contributed by atoms with E-state index >= 15 is 0 Å². The average Bonchev–Trinajstić information content (AvgIpc) is 1.69. The summed E-state index contributed by atoms with van der Waals surface area (Å²) < 4.78 is 0. The Labute approximate surface area is 60.3 Å². The molecule has 48 valence electrons. The van der Waals surface area contributed by atoms with Gasteiger partial charge in [-0.25, -0.2) is 0 Å². The topological polar surface area (TPSA) is 0 Å². The summed E-state index contributed by atoms with van der Waals surface area (Å²) in [5, 5.41) is 0.931. The molecule has 2 heteroatoms. The van der Waals surface area contributed by atoms with Gasteiger partial charge in [0.05, 0.1) is 0 Å². The summed E-state index contributed by atoms with van der Waals surface area (Å²) in [5.41, 5.74) is 0. The quantitative estimate of drug-likeness (QED) is 0.583. The van der Waals surface area contributed by atoms with Crippen LogP contribution >= 0.6 is 23.4 Å². The predicted octanol–water partition coefficient (Wildman–Crippen LogP) is 3.23. The normalized spacial score (nSPS) is 13.5. The van der Waals surface area contributed by atoms with E-state index in [0.717, 1.165) is 11.5 Å². The van der Waals surface area contributed by atoms with E-state index < -0.39 is 0 Å². The second kappa shape index (κ2) is 4.28. The lowest BCUT2D eigenvalue weighted by Crippen LogP contribution is -1.72. The molecule has 0 nitrogen and oxygen atoms in total. The SMILES string of the molecule is CC/C(SC)=C(\C)Cl. The lowest BCUT2D eigenvalue weighted by atomic mass is 10.4. The zero-order chi connectivity index (χ0) is 6.57. The Morgan fingerprint density at radius 2 is 2.12 bits per heavy atom. The fraction of sp³-hybridized carbons (Fsp3) is 0.667. The molecule has 8 heavy (non-hydrogen) atoms. The maximum absolute atomic E-state index is 5.70. The van der Waals surface area contributed by atoms with Crippen molar-refractivity contribution >= 4 is 23.4 Å². The molecule has 0 fully saturated rings. The summed E-state index contributed by atoms with van der Waals surface area (Å²) in [7, 11) is 0. The van der Waals surface area contributed by atoms with Gasteiger partial charge in [-0.05, 0) is 24.5 Å². The largest absolute Gasteiger partial charge is 0.133 e. The van der Waals surface area contributed by atoms with Crippen LogP contribution in [-0.2, 0) is 0 Å². The average molecular weight is 151 g/mol. The molecule has 0 unspecified atom stereocenters. The molecule has 0 saturated heterocycles. The van der Waals surface area contributed by atoms with Gasteiger partial charge in [0, 0.05) is 5.03 Å². The predicted molar refractivity (Wildman–Crippen MR) is 42.4 cm³/mol. The van der Waals surface area contributed by atoms with E-state index in [-0.39, 0.29) is 0 Å². The smallest absolute Gasteiger partial charge is 0.0244 e. The third-order valence-corrected chi connectivity index (χ3v) is 2.38. The molecule has 0 radical (unpaired) electrons. The zero-order valence-corrected chi connectivity index (χ0v) is 7.07. The summed E-state index contributed by atoms with van der Waals surface area (Å²) in [6.45, 7) is 4.04. The Hall–Kier alpha value is 0.380. The van der Waals surface area contributed by atoms with E-state index in [0.29, 0.717) is 0 Å². The van der Waals surface area contributed by atoms with Gasteiger partial charge >= 0.3 is 0 Å². The second-order valence-corrected chi connectivity index (χ2v) is 2.98. The third kappa shape index (κ3) is 2.63. The summed E-state index contributed by atoms with van der Waals surface area (Å²) >= 11 is 7.43. The maximum atomic E-state index is 5.70. The van der Waals surface area contributed by atoms with Gasteiger partial charge in [0.2, 0.25) is 0 Å². The molecule has 0 heterocycles. The summed E-state index contributed by atoms with van der Waals surface area (Å²) in [4.78, 5) is 1.28. The van der Waals surface area contributed by atoms with Gasteiger partial charge in [0.25, 0.3) is 0 Å². The molecule has 0 amide bonds. The van der Waals surface area contributed by atoms with E-state index in [1.165, 1.54) is 4.91 Å². The van der Waals surface area contributed by atoms with Crippen molar-refractivity contribution < 1.29 is 0 Å². The van der Waals surface area contributed by atoms with Crippen molar-refractivity contribution in [1.82, 2.24) is 0 Å². The first-order valence-electron chi connectivity index (χ1n) is 2.61. The standard InChI is InChI=1S/C6H11ClS/c1-4-6(8-3)5(2)7/h4H2,1-3H3/b6-5-. The molecule has 0 aliphatic rings. The highest BCUT2D eigenvalue weighted by Crippen LogP contribution is 2.21. The zero-order valence-electron chi connectivity index (χ0n) is 5.49. The van der Waals surface area contributed by atoms with E-state index in [4.69, 9.17) is 11.6 Å². The summed E-state index contributed by atoms with van der Waals surface area (Å²) in [5.74, 6) is 0. The van der Waals surface area contributed by atoms with Crippen molar-refractivity contribution in [2.45, 2.75) is 20.3 Å². The Balaban J connectivity index is 3.86. The maximum Gasteiger partial charge on any atom is 0.0244 e. The van der Waals surface area contributed by atoms with Crippen LogP contribution in [0, 0.1) is 0 Å². The highest BCUT2D eigenvalue weighted by Gasteiger charge is 1.92. The fourth-order valence-corrected chi connectivity index (χ4v) is 1.46. The second-order valence-electron chi connectivity index (χ2n) is 1.51. The number of hydrogen-bond donors (Lipinski definition) is 0. The third-order valence-electron chi connectivity index (χ3n) is 0.952. The van der Waals surface area contributed by atoms with Crippen molar-refractivity contribution in [3.05, 3.63) is 9.94 Å². The van der Waals surface area contributed by atoms with Crippen molar-refractivity contribution in [3.63, 3.8) is 0 Å². The molecule has 0 aromatic carbocycles. The lowest BCUT2D eigenvalue weighted by Gasteiger charge is -1.97. The van der Waals surface area contributed by atoms with Crippen molar-refractivity contribution in [1.29, 1.82) is 0 Å². The van der Waals surface area contributed by atoms with Crippen molar-refractivity contribution in [3.8, 4) is 0 Å². The van der Waals surface area contributed by atoms with Gasteiger partial charge in [0.15, 0.2) is 0 Å². The molecular formula is C6H11ClS. The van der Waals surface area contributed by atoms with Crippen LogP contribution in [0.15, 0.2) is 9.94 Å². The lowest BCUT2D eigenvalue weighted by molar-refractivity contribution is 1.19. The molecule has 0 aliphatic heterocycles. The molecular weight excluding hydrogens is 140 g/mol. The summed E-state index contributed by atoms with van der Waals surface area (Å²) in [6, 6.07) is 0. The first-order chi connectivity index (χ1) is 3.72. The molecule has 0 N–H and O–H groups in total. The highest BCUT2D eigenvalue weighted by atomic mass is 35.5. The number of halogens is 1. The number of thioether (sulfide) groups is 1. The molecule has 0 aliphatic carbocycles. The van der Waals surface area contributed by atoms with E-state index in [1.54, 1.807) is 11.8 Å². The van der Waals surface area contributed by atoms with Crippen LogP contribution in [0.1, 0.15) is 20.3 Å². The number of allylic oxidation sites excluding steroid dienone is 2. The van der Waals surface area contributed by atoms with Crippen LogP contribution in [-0.4, -0.2) is 6.26 Å². The minimum absolute atomic E-state index is 0.931. The first kappa shape index (κ1) is 8.38. The van der Waals surface area contributed by atoms with Crippen LogP contribution in [0.2, 0.25) is 0 Å². The van der Waals surface area contributed by atoms with Crippen LogP contribution < -0.4 is 0 Å². The Morgan fingerprint density at radius 3 is 2.12 bits per heavy atom. The highest BCUT2D eigenvalue weighted by molar-refractivity contribution is 8.02. The van der Waals surface area contributed by atoms with Gasteiger partial charge in [-0.3, -0.25) is 0 Å². The van der Waals surface area contributed by atoms with E-state index in [9.17, 15) is 0 Å². The van der Waals surface area contributed by atoms with Crippen LogP contribution in [0.3, 0.4) is 0 Å². The fourth-order valence-electron chi connectivity index (χ4n) is 0.529. The van der Waals surface area contributed by atoms with Gasteiger partial charge < -0.3 is 0 Å². The summed E-state index contributed by atoms with van der Waals surface area (Å²) in [6.07, 6.45) is 3.10. The Bertz CT molecular complexity index is 86.7. The van der Waals surface area contributed by atoms with Gasteiger partial charge in [-0.15, -0.1) is 11.8 Å². The van der Waals surface area contributed by atoms with Gasteiger partial charge in [-0.2, -0.15) is 0 Å².